The summed E-state index contributed by atoms with van der Waals surface area (Å²) in [6.45, 7) is 3.02. The highest BCUT2D eigenvalue weighted by Crippen LogP contribution is 2.29. The average Bonchev–Trinajstić information content (AvgIpc) is 3.38. The molecule has 5 rings (SSSR count). The van der Waals surface area contributed by atoms with E-state index in [9.17, 15) is 18.0 Å². The van der Waals surface area contributed by atoms with Gasteiger partial charge in [0.05, 0.1) is 5.56 Å². The van der Waals surface area contributed by atoms with Crippen molar-refractivity contribution in [1.82, 2.24) is 24.9 Å². The molecule has 0 radical (unpaired) electrons. The van der Waals surface area contributed by atoms with Crippen molar-refractivity contribution in [3.63, 3.8) is 0 Å². The van der Waals surface area contributed by atoms with E-state index < -0.39 is 23.2 Å². The van der Waals surface area contributed by atoms with E-state index in [1.54, 1.807) is 4.52 Å². The molecule has 0 atom stereocenters. The molecule has 0 saturated heterocycles. The van der Waals surface area contributed by atoms with E-state index in [0.29, 0.717) is 23.4 Å². The molecule has 3 aromatic heterocycles. The number of nitrogens with zero attached hydrogens (tertiary/aromatic N) is 4. The molecule has 5 aromatic rings. The first kappa shape index (κ1) is 26.7. The van der Waals surface area contributed by atoms with Crippen molar-refractivity contribution in [1.29, 1.82) is 0 Å². The minimum Gasteiger partial charge on any atom is -0.382 e. The van der Waals surface area contributed by atoms with E-state index in [4.69, 9.17) is 5.73 Å². The molecule has 0 aliphatic rings. The van der Waals surface area contributed by atoms with Gasteiger partial charge in [0, 0.05) is 36.6 Å². The zero-order chi connectivity index (χ0) is 28.4. The lowest BCUT2D eigenvalue weighted by Gasteiger charge is -2.18. The highest BCUT2D eigenvalue weighted by molar-refractivity contribution is 5.99. The van der Waals surface area contributed by atoms with Crippen LogP contribution in [0.15, 0.2) is 73.3 Å². The van der Waals surface area contributed by atoms with Crippen molar-refractivity contribution in [2.24, 2.45) is 0 Å². The van der Waals surface area contributed by atoms with Crippen LogP contribution in [0.25, 0.3) is 16.6 Å². The molecule has 0 bridgehead atoms. The number of rotatable bonds is 8. The summed E-state index contributed by atoms with van der Waals surface area (Å²) in [5, 5.41) is 9.99. The van der Waals surface area contributed by atoms with E-state index >= 15 is 0 Å². The molecule has 0 saturated carbocycles. The third kappa shape index (κ3) is 5.58. The maximum absolute atomic E-state index is 14.7. The van der Waals surface area contributed by atoms with Gasteiger partial charge in [-0.1, -0.05) is 30.3 Å². The number of nitrogens with two attached hydrogens (primary N) is 1. The molecule has 40 heavy (non-hydrogen) atoms. The highest BCUT2D eigenvalue weighted by Gasteiger charge is 2.23. The van der Waals surface area contributed by atoms with Crippen LogP contribution in [-0.4, -0.2) is 25.5 Å². The number of alkyl halides is 1. The minimum absolute atomic E-state index is 0.0512. The lowest BCUT2D eigenvalue weighted by molar-refractivity contribution is 0.0951. The van der Waals surface area contributed by atoms with Crippen LogP contribution in [-0.2, 0) is 18.8 Å². The lowest BCUT2D eigenvalue weighted by atomic mass is 10.00. The summed E-state index contributed by atoms with van der Waals surface area (Å²) in [6, 6.07) is 14.5. The largest absolute Gasteiger partial charge is 0.382 e. The second-order valence-corrected chi connectivity index (χ2v) is 9.74. The summed E-state index contributed by atoms with van der Waals surface area (Å²) in [6.07, 6.45) is 4.58. The summed E-state index contributed by atoms with van der Waals surface area (Å²) in [5.74, 6) is -1.89. The van der Waals surface area contributed by atoms with Gasteiger partial charge < -0.3 is 16.4 Å². The molecule has 0 fully saturated rings. The third-order valence-corrected chi connectivity index (χ3v) is 6.46. The number of hydrogen-bond donors (Lipinski definition) is 3. The number of nitrogen functional groups attached to an aromatic ring is 1. The molecule has 0 aliphatic heterocycles. The molecule has 11 heteroatoms. The molecule has 8 nitrogen and oxygen atoms in total. The van der Waals surface area contributed by atoms with Crippen LogP contribution in [0.4, 0.5) is 24.8 Å². The van der Waals surface area contributed by atoms with Gasteiger partial charge in [-0.2, -0.15) is 5.10 Å². The Morgan fingerprint density at radius 1 is 0.975 bits per heavy atom. The zero-order valence-electron chi connectivity index (χ0n) is 21.8. The average molecular weight is 546 g/mol. The summed E-state index contributed by atoms with van der Waals surface area (Å²) in [4.78, 5) is 21.5. The van der Waals surface area contributed by atoms with Gasteiger partial charge in [-0.05, 0) is 54.8 Å². The van der Waals surface area contributed by atoms with Crippen molar-refractivity contribution in [3.8, 4) is 11.1 Å². The Kier molecular flexibility index (Phi) is 7.12. The molecule has 0 spiro atoms. The number of fused-ring (bicyclic) bond motifs is 1. The van der Waals surface area contributed by atoms with Crippen molar-refractivity contribution in [2.75, 3.05) is 11.1 Å². The molecular formula is C29H26F3N7O. The van der Waals surface area contributed by atoms with E-state index in [1.807, 2.05) is 36.5 Å². The van der Waals surface area contributed by atoms with Gasteiger partial charge >= 0.3 is 0 Å². The van der Waals surface area contributed by atoms with Crippen molar-refractivity contribution < 1.29 is 18.0 Å². The van der Waals surface area contributed by atoms with Crippen molar-refractivity contribution in [2.45, 2.75) is 32.6 Å². The van der Waals surface area contributed by atoms with Crippen LogP contribution < -0.4 is 16.4 Å². The highest BCUT2D eigenvalue weighted by atomic mass is 19.2. The monoisotopic (exact) mass is 545 g/mol. The van der Waals surface area contributed by atoms with E-state index in [0.717, 1.165) is 28.8 Å². The number of nitrogens with one attached hydrogen (secondary N) is 2. The Morgan fingerprint density at radius 3 is 2.45 bits per heavy atom. The molecule has 0 unspecified atom stereocenters. The van der Waals surface area contributed by atoms with Crippen LogP contribution in [0.1, 0.15) is 40.9 Å². The topological polar surface area (TPSA) is 110 Å². The van der Waals surface area contributed by atoms with Gasteiger partial charge in [-0.15, -0.1) is 0 Å². The third-order valence-electron chi connectivity index (χ3n) is 6.46. The van der Waals surface area contributed by atoms with Crippen LogP contribution in [0.2, 0.25) is 0 Å². The second-order valence-electron chi connectivity index (χ2n) is 9.74. The van der Waals surface area contributed by atoms with E-state index in [2.05, 4.69) is 25.7 Å². The summed E-state index contributed by atoms with van der Waals surface area (Å²) in [7, 11) is 0. The molecule has 2 aromatic carbocycles. The fraction of sp³-hybridized carbons (Fsp3) is 0.172. The van der Waals surface area contributed by atoms with E-state index in [-0.39, 0.29) is 23.5 Å². The van der Waals surface area contributed by atoms with Gasteiger partial charge in [-0.3, -0.25) is 4.79 Å². The summed E-state index contributed by atoms with van der Waals surface area (Å²) >= 11 is 0. The fourth-order valence-corrected chi connectivity index (χ4v) is 4.23. The summed E-state index contributed by atoms with van der Waals surface area (Å²) < 4.78 is 43.1. The van der Waals surface area contributed by atoms with Gasteiger partial charge in [0.15, 0.2) is 17.5 Å². The number of carbonyl (C=O) groups is 1. The molecule has 4 N–H and O–H groups in total. The fourth-order valence-electron chi connectivity index (χ4n) is 4.23. The SMILES string of the molecule is CC(C)(F)c1cnc(NCc2ccc(-c3ccn4ncnc(N)c34)cc2)c(C(=O)NCc2ccc(F)c(F)c2)c1. The maximum atomic E-state index is 14.7. The molecule has 204 valence electrons. The van der Waals surface area contributed by atoms with Gasteiger partial charge in [0.1, 0.15) is 23.3 Å². The summed E-state index contributed by atoms with van der Waals surface area (Å²) in [5.41, 5.74) is 8.48. The lowest BCUT2D eigenvalue weighted by Crippen LogP contribution is -2.25. The number of aromatic nitrogens is 4. The quantitative estimate of drug-likeness (QED) is 0.241. The predicted octanol–water partition coefficient (Wildman–Crippen LogP) is 5.40. The van der Waals surface area contributed by atoms with Crippen LogP contribution in [0.5, 0.6) is 0 Å². The Bertz CT molecular complexity index is 1700. The number of benzene rings is 2. The minimum atomic E-state index is -1.73. The first-order chi connectivity index (χ1) is 19.1. The standard InChI is InChI=1S/C29H26F3N7O/c1-29(2,32)20-12-22(28(40)36-14-18-5-8-23(30)24(31)11-18)27(35-15-20)34-13-17-3-6-19(7-4-17)21-9-10-39-25(21)26(33)37-16-38-39/h3-12,15-16H,13-14H2,1-2H3,(H,34,35)(H,36,40)(H2,33,37,38). The predicted molar refractivity (Wildman–Crippen MR) is 146 cm³/mol. The number of pyridine rings is 1. The van der Waals surface area contributed by atoms with Crippen LogP contribution in [0.3, 0.4) is 0 Å². The molecule has 0 aliphatic carbocycles. The smallest absolute Gasteiger partial charge is 0.255 e. The number of anilines is 2. The Balaban J connectivity index is 1.34. The number of amides is 1. The molecular weight excluding hydrogens is 519 g/mol. The Hall–Kier alpha value is -4.93. The van der Waals surface area contributed by atoms with Crippen molar-refractivity contribution in [3.05, 3.63) is 107 Å². The van der Waals surface area contributed by atoms with Crippen LogP contribution >= 0.6 is 0 Å². The van der Waals surface area contributed by atoms with Gasteiger partial charge in [0.2, 0.25) is 0 Å². The Morgan fingerprint density at radius 2 is 1.73 bits per heavy atom. The number of halogens is 3. The molecule has 3 heterocycles. The number of carbonyl (C=O) groups excluding carboxylic acids is 1. The first-order valence-electron chi connectivity index (χ1n) is 12.4. The van der Waals surface area contributed by atoms with Crippen molar-refractivity contribution >= 4 is 23.1 Å². The maximum Gasteiger partial charge on any atom is 0.255 e. The second kappa shape index (κ2) is 10.7. The first-order valence-corrected chi connectivity index (χ1v) is 12.4. The van der Waals surface area contributed by atoms with E-state index in [1.165, 1.54) is 38.5 Å². The Labute approximate surface area is 228 Å². The van der Waals surface area contributed by atoms with Crippen LogP contribution in [0, 0.1) is 11.6 Å². The van der Waals surface area contributed by atoms with Gasteiger partial charge in [0.25, 0.3) is 5.91 Å². The van der Waals surface area contributed by atoms with Gasteiger partial charge in [-0.25, -0.2) is 27.7 Å². The molecule has 1 amide bonds. The zero-order valence-corrected chi connectivity index (χ0v) is 21.8. The normalized spacial score (nSPS) is 11.5. The number of hydrogen-bond acceptors (Lipinski definition) is 6.